The highest BCUT2D eigenvalue weighted by Crippen LogP contribution is 2.37. The van der Waals surface area contributed by atoms with E-state index in [9.17, 15) is 9.59 Å². The summed E-state index contributed by atoms with van der Waals surface area (Å²) in [6.07, 6.45) is 2.86. The van der Waals surface area contributed by atoms with Gasteiger partial charge in [0.2, 0.25) is 5.91 Å². The number of hydrogen-bond donors (Lipinski definition) is 3. The van der Waals surface area contributed by atoms with Crippen LogP contribution in [0.3, 0.4) is 0 Å². The Morgan fingerprint density at radius 3 is 2.14 bits per heavy atom. The van der Waals surface area contributed by atoms with Crippen LogP contribution >= 0.6 is 0 Å². The van der Waals surface area contributed by atoms with E-state index in [4.69, 9.17) is 9.47 Å². The molecular formula is C28H29N3O4. The van der Waals surface area contributed by atoms with E-state index >= 15 is 0 Å². The maximum Gasteiger partial charge on any atom is 0.255 e. The average Bonchev–Trinajstić information content (AvgIpc) is 3.29. The van der Waals surface area contributed by atoms with Crippen molar-refractivity contribution >= 4 is 34.1 Å². The first-order valence-electron chi connectivity index (χ1n) is 11.7. The highest BCUT2D eigenvalue weighted by molar-refractivity contribution is 6.05. The van der Waals surface area contributed by atoms with Gasteiger partial charge in [-0.1, -0.05) is 36.4 Å². The number of fused-ring (bicyclic) bond motifs is 1. The molecule has 1 aromatic heterocycles. The van der Waals surface area contributed by atoms with E-state index in [2.05, 4.69) is 15.6 Å². The zero-order valence-electron chi connectivity index (χ0n) is 19.9. The van der Waals surface area contributed by atoms with Crippen molar-refractivity contribution in [2.75, 3.05) is 23.8 Å². The highest BCUT2D eigenvalue weighted by Gasteiger charge is 2.17. The Kier molecular flexibility index (Phi) is 7.67. The molecule has 0 aliphatic rings. The molecule has 7 nitrogen and oxygen atoms in total. The summed E-state index contributed by atoms with van der Waals surface area (Å²) in [5, 5.41) is 6.96. The molecule has 0 unspecified atom stereocenters. The number of nitrogens with one attached hydrogen (secondary N) is 3. The van der Waals surface area contributed by atoms with Crippen LogP contribution in [-0.2, 0) is 11.2 Å². The second-order valence-electron chi connectivity index (χ2n) is 7.94. The second kappa shape index (κ2) is 11.2. The van der Waals surface area contributed by atoms with Crippen molar-refractivity contribution in [2.45, 2.75) is 26.7 Å². The zero-order chi connectivity index (χ0) is 24.6. The van der Waals surface area contributed by atoms with Gasteiger partial charge in [-0.05, 0) is 44.0 Å². The number of rotatable bonds is 10. The Morgan fingerprint density at radius 1 is 0.829 bits per heavy atom. The van der Waals surface area contributed by atoms with Crippen LogP contribution in [0.5, 0.6) is 11.5 Å². The minimum absolute atomic E-state index is 0.139. The lowest BCUT2D eigenvalue weighted by Gasteiger charge is -2.18. The maximum atomic E-state index is 12.8. The van der Waals surface area contributed by atoms with Gasteiger partial charge >= 0.3 is 0 Å². The standard InChI is InChI=1S/C28H29N3O4/c1-3-34-25-17-24(31-28(33)19-10-6-5-7-11-19)26(35-4-2)16-23(25)30-27(32)15-14-20-18-29-22-13-9-8-12-21(20)22/h5-13,16-18,29H,3-4,14-15H2,1-2H3,(H,30,32)(H,31,33). The van der Waals surface area contributed by atoms with Crippen molar-refractivity contribution in [3.05, 3.63) is 84.1 Å². The predicted molar refractivity (Wildman–Crippen MR) is 138 cm³/mol. The summed E-state index contributed by atoms with van der Waals surface area (Å²) >= 11 is 0. The molecule has 180 valence electrons. The van der Waals surface area contributed by atoms with E-state index in [1.807, 2.05) is 50.4 Å². The molecule has 0 radical (unpaired) electrons. The van der Waals surface area contributed by atoms with Gasteiger partial charge in [0.15, 0.2) is 0 Å². The van der Waals surface area contributed by atoms with Crippen molar-refractivity contribution in [1.82, 2.24) is 4.98 Å². The molecule has 0 aliphatic carbocycles. The number of H-pyrrole nitrogens is 1. The molecule has 3 N–H and O–H groups in total. The summed E-state index contributed by atoms with van der Waals surface area (Å²) in [5.41, 5.74) is 3.64. The summed E-state index contributed by atoms with van der Waals surface area (Å²) in [7, 11) is 0. The number of aryl methyl sites for hydroxylation is 1. The molecule has 1 heterocycles. The van der Waals surface area contributed by atoms with Crippen LogP contribution < -0.4 is 20.1 Å². The Hall–Kier alpha value is -4.26. The summed E-state index contributed by atoms with van der Waals surface area (Å²) in [6.45, 7) is 4.52. The normalized spacial score (nSPS) is 10.7. The third kappa shape index (κ3) is 5.81. The van der Waals surface area contributed by atoms with E-state index in [0.29, 0.717) is 54.5 Å². The van der Waals surface area contributed by atoms with Crippen LogP contribution in [0.2, 0.25) is 0 Å². The summed E-state index contributed by atoms with van der Waals surface area (Å²) in [5.74, 6) is 0.510. The number of aromatic amines is 1. The van der Waals surface area contributed by atoms with Crippen molar-refractivity contribution in [2.24, 2.45) is 0 Å². The van der Waals surface area contributed by atoms with Gasteiger partial charge in [0.05, 0.1) is 24.6 Å². The number of benzene rings is 3. The van der Waals surface area contributed by atoms with Crippen LogP contribution in [0.1, 0.15) is 36.2 Å². The third-order valence-electron chi connectivity index (χ3n) is 5.54. The number of aromatic nitrogens is 1. The summed E-state index contributed by atoms with van der Waals surface area (Å²) in [6, 6.07) is 20.3. The highest BCUT2D eigenvalue weighted by atomic mass is 16.5. The predicted octanol–water partition coefficient (Wildman–Crippen LogP) is 5.79. The van der Waals surface area contributed by atoms with Gasteiger partial charge in [0, 0.05) is 41.2 Å². The van der Waals surface area contributed by atoms with Gasteiger partial charge in [0.25, 0.3) is 5.91 Å². The molecule has 0 saturated heterocycles. The van der Waals surface area contributed by atoms with Crippen molar-refractivity contribution in [1.29, 1.82) is 0 Å². The lowest BCUT2D eigenvalue weighted by molar-refractivity contribution is -0.116. The van der Waals surface area contributed by atoms with Crippen LogP contribution in [0.4, 0.5) is 11.4 Å². The Balaban J connectivity index is 1.52. The molecule has 0 atom stereocenters. The monoisotopic (exact) mass is 471 g/mol. The van der Waals surface area contributed by atoms with Crippen LogP contribution in [0, 0.1) is 0 Å². The number of para-hydroxylation sites is 1. The number of ether oxygens (including phenoxy) is 2. The summed E-state index contributed by atoms with van der Waals surface area (Å²) in [4.78, 5) is 28.8. The molecular weight excluding hydrogens is 442 g/mol. The first-order chi connectivity index (χ1) is 17.1. The first-order valence-corrected chi connectivity index (χ1v) is 11.7. The number of anilines is 2. The minimum atomic E-state index is -0.260. The molecule has 0 saturated carbocycles. The first kappa shape index (κ1) is 23.9. The van der Waals surface area contributed by atoms with E-state index in [1.54, 1.807) is 36.4 Å². The van der Waals surface area contributed by atoms with Gasteiger partial charge in [-0.25, -0.2) is 0 Å². The van der Waals surface area contributed by atoms with Gasteiger partial charge in [-0.2, -0.15) is 0 Å². The fourth-order valence-corrected chi connectivity index (χ4v) is 3.89. The number of carbonyl (C=O) groups excluding carboxylic acids is 2. The third-order valence-corrected chi connectivity index (χ3v) is 5.54. The lowest BCUT2D eigenvalue weighted by atomic mass is 10.1. The van der Waals surface area contributed by atoms with E-state index in [-0.39, 0.29) is 11.8 Å². The average molecular weight is 472 g/mol. The van der Waals surface area contributed by atoms with Gasteiger partial charge in [0.1, 0.15) is 11.5 Å². The molecule has 3 aromatic carbocycles. The van der Waals surface area contributed by atoms with E-state index in [0.717, 1.165) is 16.5 Å². The Bertz CT molecular complexity index is 1310. The molecule has 0 spiro atoms. The molecule has 7 heteroatoms. The van der Waals surface area contributed by atoms with Crippen molar-refractivity contribution < 1.29 is 19.1 Å². The van der Waals surface area contributed by atoms with Crippen LogP contribution in [0.15, 0.2) is 72.9 Å². The summed E-state index contributed by atoms with van der Waals surface area (Å²) < 4.78 is 11.6. The van der Waals surface area contributed by atoms with Gasteiger partial charge < -0.3 is 25.1 Å². The van der Waals surface area contributed by atoms with Crippen LogP contribution in [0.25, 0.3) is 10.9 Å². The molecule has 0 fully saturated rings. The van der Waals surface area contributed by atoms with Crippen molar-refractivity contribution in [3.8, 4) is 11.5 Å². The Labute approximate surface area is 204 Å². The van der Waals surface area contributed by atoms with E-state index in [1.165, 1.54) is 0 Å². The van der Waals surface area contributed by atoms with Crippen molar-refractivity contribution in [3.63, 3.8) is 0 Å². The lowest BCUT2D eigenvalue weighted by Crippen LogP contribution is -2.16. The molecule has 4 aromatic rings. The smallest absolute Gasteiger partial charge is 0.255 e. The second-order valence-corrected chi connectivity index (χ2v) is 7.94. The molecule has 35 heavy (non-hydrogen) atoms. The molecule has 4 rings (SSSR count). The molecule has 2 amide bonds. The fourth-order valence-electron chi connectivity index (χ4n) is 3.89. The fraction of sp³-hybridized carbons (Fsp3) is 0.214. The molecule has 0 bridgehead atoms. The Morgan fingerprint density at radius 2 is 1.46 bits per heavy atom. The number of hydrogen-bond acceptors (Lipinski definition) is 4. The zero-order valence-corrected chi connectivity index (χ0v) is 19.9. The SMILES string of the molecule is CCOc1cc(NC(=O)c2ccccc2)c(OCC)cc1NC(=O)CCc1c[nH]c2ccccc12. The largest absolute Gasteiger partial charge is 0.492 e. The minimum Gasteiger partial charge on any atom is -0.492 e. The van der Waals surface area contributed by atoms with Gasteiger partial charge in [-0.3, -0.25) is 9.59 Å². The number of amides is 2. The quantitative estimate of drug-likeness (QED) is 0.273. The van der Waals surface area contributed by atoms with E-state index < -0.39 is 0 Å². The maximum absolute atomic E-state index is 12.8. The van der Waals surface area contributed by atoms with Crippen LogP contribution in [-0.4, -0.2) is 30.0 Å². The van der Waals surface area contributed by atoms with Gasteiger partial charge in [-0.15, -0.1) is 0 Å². The number of carbonyl (C=O) groups is 2. The topological polar surface area (TPSA) is 92.4 Å². The molecule has 0 aliphatic heterocycles.